The van der Waals surface area contributed by atoms with Gasteiger partial charge in [0.2, 0.25) is 0 Å². The van der Waals surface area contributed by atoms with Crippen LogP contribution < -0.4 is 0 Å². The zero-order chi connectivity index (χ0) is 10.4. The molecular weight excluding hydrogens is 184 g/mol. The summed E-state index contributed by atoms with van der Waals surface area (Å²) in [5, 5.41) is 0. The van der Waals surface area contributed by atoms with E-state index in [4.69, 9.17) is 0 Å². The summed E-state index contributed by atoms with van der Waals surface area (Å²) in [5.74, 6) is 0. The molecule has 2 nitrogen and oxygen atoms in total. The minimum Gasteiger partial charge on any atom is -0.254 e. The quantitative estimate of drug-likeness (QED) is 0.552. The van der Waals surface area contributed by atoms with E-state index in [2.05, 4.69) is 35.1 Å². The fourth-order valence-corrected chi connectivity index (χ4v) is 2.14. The second-order valence-corrected chi connectivity index (χ2v) is 4.09. The second kappa shape index (κ2) is 2.89. The number of pyridine rings is 2. The zero-order valence-electron chi connectivity index (χ0n) is 8.91. The number of aromatic nitrogens is 2. The molecule has 2 aromatic heterocycles. The summed E-state index contributed by atoms with van der Waals surface area (Å²) in [4.78, 5) is 9.01. The molecule has 0 aliphatic heterocycles. The van der Waals surface area contributed by atoms with Gasteiger partial charge in [0.25, 0.3) is 0 Å². The van der Waals surface area contributed by atoms with E-state index in [0.29, 0.717) is 0 Å². The van der Waals surface area contributed by atoms with E-state index in [0.717, 1.165) is 23.5 Å². The molecule has 15 heavy (non-hydrogen) atoms. The van der Waals surface area contributed by atoms with Crippen LogP contribution in [0, 0.1) is 13.8 Å². The van der Waals surface area contributed by atoms with Crippen LogP contribution in [0.1, 0.15) is 22.4 Å². The van der Waals surface area contributed by atoms with Gasteiger partial charge in [-0.15, -0.1) is 0 Å². The number of hydrogen-bond donors (Lipinski definition) is 0. The summed E-state index contributed by atoms with van der Waals surface area (Å²) in [7, 11) is 0. The van der Waals surface area contributed by atoms with Gasteiger partial charge in [-0.1, -0.05) is 6.07 Å². The van der Waals surface area contributed by atoms with E-state index in [1.54, 1.807) is 0 Å². The Kier molecular flexibility index (Phi) is 1.66. The Morgan fingerprint density at radius 1 is 1.07 bits per heavy atom. The molecule has 3 rings (SSSR count). The van der Waals surface area contributed by atoms with Crippen molar-refractivity contribution in [3.05, 3.63) is 46.8 Å². The lowest BCUT2D eigenvalue weighted by atomic mass is 10.1. The third-order valence-corrected chi connectivity index (χ3v) is 3.00. The van der Waals surface area contributed by atoms with Gasteiger partial charge in [-0.25, -0.2) is 0 Å². The van der Waals surface area contributed by atoms with Crippen LogP contribution in [-0.4, -0.2) is 9.97 Å². The highest BCUT2D eigenvalue weighted by Gasteiger charge is 2.22. The topological polar surface area (TPSA) is 25.8 Å². The lowest BCUT2D eigenvalue weighted by Gasteiger charge is -2.01. The third kappa shape index (κ3) is 1.18. The molecule has 0 atom stereocenters. The van der Waals surface area contributed by atoms with Crippen LogP contribution in [-0.2, 0) is 6.42 Å². The summed E-state index contributed by atoms with van der Waals surface area (Å²) in [5.41, 5.74) is 7.17. The molecule has 0 unspecified atom stereocenters. The molecule has 0 aromatic carbocycles. The summed E-state index contributed by atoms with van der Waals surface area (Å²) in [6, 6.07) is 6.30. The maximum absolute atomic E-state index is 4.57. The monoisotopic (exact) mass is 196 g/mol. The molecule has 0 amide bonds. The molecule has 1 aliphatic rings. The minimum atomic E-state index is 0.984. The first-order valence-electron chi connectivity index (χ1n) is 5.17. The van der Waals surface area contributed by atoms with Crippen molar-refractivity contribution >= 4 is 0 Å². The summed E-state index contributed by atoms with van der Waals surface area (Å²) in [6.45, 7) is 4.16. The highest BCUT2D eigenvalue weighted by molar-refractivity contribution is 5.71. The molecule has 0 bridgehead atoms. The van der Waals surface area contributed by atoms with Crippen molar-refractivity contribution < 1.29 is 0 Å². The molecule has 2 heteroatoms. The Hall–Kier alpha value is -1.70. The normalized spacial score (nSPS) is 12.4. The molecule has 74 valence electrons. The van der Waals surface area contributed by atoms with Gasteiger partial charge in [0.05, 0.1) is 11.4 Å². The van der Waals surface area contributed by atoms with Crippen LogP contribution in [0.15, 0.2) is 24.4 Å². The number of rotatable bonds is 0. The van der Waals surface area contributed by atoms with Crippen LogP contribution in [0.3, 0.4) is 0 Å². The van der Waals surface area contributed by atoms with Crippen molar-refractivity contribution in [3.8, 4) is 11.4 Å². The standard InChI is InChI=1S/C13H12N2/c1-8-5-6-14-13-11(8)7-10-4-3-9(2)15-12(10)13/h3-6H,7H2,1-2H3. The van der Waals surface area contributed by atoms with Crippen molar-refractivity contribution in [1.82, 2.24) is 9.97 Å². The van der Waals surface area contributed by atoms with Gasteiger partial charge in [0.15, 0.2) is 0 Å². The Labute approximate surface area is 89.0 Å². The maximum atomic E-state index is 4.57. The summed E-state index contributed by atoms with van der Waals surface area (Å²) < 4.78 is 0. The highest BCUT2D eigenvalue weighted by atomic mass is 14.8. The Balaban J connectivity index is 2.31. The van der Waals surface area contributed by atoms with E-state index in [-0.39, 0.29) is 0 Å². The molecule has 2 heterocycles. The van der Waals surface area contributed by atoms with Crippen molar-refractivity contribution in [3.63, 3.8) is 0 Å². The first-order valence-corrected chi connectivity index (χ1v) is 5.17. The van der Waals surface area contributed by atoms with Crippen LogP contribution >= 0.6 is 0 Å². The Morgan fingerprint density at radius 3 is 2.80 bits per heavy atom. The van der Waals surface area contributed by atoms with E-state index in [9.17, 15) is 0 Å². The molecule has 2 aromatic rings. The van der Waals surface area contributed by atoms with Crippen molar-refractivity contribution in [2.75, 3.05) is 0 Å². The fraction of sp³-hybridized carbons (Fsp3) is 0.231. The lowest BCUT2D eigenvalue weighted by Crippen LogP contribution is -1.89. The highest BCUT2D eigenvalue weighted by Crippen LogP contribution is 2.34. The van der Waals surface area contributed by atoms with E-state index < -0.39 is 0 Å². The third-order valence-electron chi connectivity index (χ3n) is 3.00. The van der Waals surface area contributed by atoms with Crippen LogP contribution in [0.25, 0.3) is 11.4 Å². The van der Waals surface area contributed by atoms with Gasteiger partial charge >= 0.3 is 0 Å². The molecule has 0 spiro atoms. The molecular formula is C13H12N2. The first kappa shape index (κ1) is 8.60. The zero-order valence-corrected chi connectivity index (χ0v) is 8.91. The van der Waals surface area contributed by atoms with Crippen LogP contribution in [0.5, 0.6) is 0 Å². The molecule has 0 saturated carbocycles. The Morgan fingerprint density at radius 2 is 1.93 bits per heavy atom. The Bertz CT molecular complexity index is 544. The smallest absolute Gasteiger partial charge is 0.0927 e. The van der Waals surface area contributed by atoms with Gasteiger partial charge in [0.1, 0.15) is 0 Å². The van der Waals surface area contributed by atoms with Crippen molar-refractivity contribution in [2.24, 2.45) is 0 Å². The van der Waals surface area contributed by atoms with Crippen LogP contribution in [0.4, 0.5) is 0 Å². The number of fused-ring (bicyclic) bond motifs is 3. The number of hydrogen-bond acceptors (Lipinski definition) is 2. The average Bonchev–Trinajstić information content (AvgIpc) is 2.58. The SMILES string of the molecule is Cc1ccc2c(n1)-c1nccc(C)c1C2. The van der Waals surface area contributed by atoms with Gasteiger partial charge in [-0.3, -0.25) is 9.97 Å². The van der Waals surface area contributed by atoms with Crippen LogP contribution in [0.2, 0.25) is 0 Å². The van der Waals surface area contributed by atoms with Gasteiger partial charge in [0, 0.05) is 18.3 Å². The molecule has 0 fully saturated rings. The average molecular weight is 196 g/mol. The van der Waals surface area contributed by atoms with Crippen molar-refractivity contribution in [2.45, 2.75) is 20.3 Å². The number of nitrogens with zero attached hydrogens (tertiary/aromatic N) is 2. The first-order chi connectivity index (χ1) is 7.25. The predicted molar refractivity (Wildman–Crippen MR) is 59.7 cm³/mol. The summed E-state index contributed by atoms with van der Waals surface area (Å²) >= 11 is 0. The summed E-state index contributed by atoms with van der Waals surface area (Å²) in [6.07, 6.45) is 2.85. The lowest BCUT2D eigenvalue weighted by molar-refractivity contribution is 1.16. The van der Waals surface area contributed by atoms with E-state index in [1.807, 2.05) is 13.1 Å². The number of aryl methyl sites for hydroxylation is 2. The minimum absolute atomic E-state index is 0.984. The van der Waals surface area contributed by atoms with Gasteiger partial charge in [-0.05, 0) is 42.7 Å². The molecule has 1 aliphatic carbocycles. The predicted octanol–water partition coefficient (Wildman–Crippen LogP) is 2.66. The molecule has 0 N–H and O–H groups in total. The van der Waals surface area contributed by atoms with Crippen molar-refractivity contribution in [1.29, 1.82) is 0 Å². The molecule has 0 radical (unpaired) electrons. The van der Waals surface area contributed by atoms with E-state index >= 15 is 0 Å². The second-order valence-electron chi connectivity index (χ2n) is 4.09. The fourth-order valence-electron chi connectivity index (χ4n) is 2.14. The van der Waals surface area contributed by atoms with Gasteiger partial charge < -0.3 is 0 Å². The van der Waals surface area contributed by atoms with E-state index in [1.165, 1.54) is 16.7 Å². The molecule has 0 saturated heterocycles. The maximum Gasteiger partial charge on any atom is 0.0927 e. The van der Waals surface area contributed by atoms with Gasteiger partial charge in [-0.2, -0.15) is 0 Å². The largest absolute Gasteiger partial charge is 0.254 e.